The predicted octanol–water partition coefficient (Wildman–Crippen LogP) is 6.65. The van der Waals surface area contributed by atoms with Crippen molar-refractivity contribution < 1.29 is 4.74 Å². The largest absolute Gasteiger partial charge is 0.456 e. The minimum Gasteiger partial charge on any atom is -0.456 e. The van der Waals surface area contributed by atoms with E-state index in [1.165, 1.54) is 11.1 Å². The highest BCUT2D eigenvalue weighted by molar-refractivity contribution is 9.10. The topological polar surface area (TPSA) is 9.23 Å². The number of hydrogen-bond donors (Lipinski definition) is 0. The van der Waals surface area contributed by atoms with Gasteiger partial charge in [-0.2, -0.15) is 0 Å². The molecule has 21 heavy (non-hydrogen) atoms. The van der Waals surface area contributed by atoms with Gasteiger partial charge in [0.2, 0.25) is 0 Å². The molecular weight excluding hydrogens is 392 g/mol. The molecule has 102 valence electrons. The number of halogens is 2. The van der Waals surface area contributed by atoms with E-state index in [1.807, 2.05) is 24.3 Å². The summed E-state index contributed by atoms with van der Waals surface area (Å²) in [4.78, 5) is 0. The Morgan fingerprint density at radius 1 is 0.571 bits per heavy atom. The van der Waals surface area contributed by atoms with Crippen molar-refractivity contribution in [1.29, 1.82) is 0 Å². The maximum absolute atomic E-state index is 6.15. The average molecular weight is 402 g/mol. The first-order valence-corrected chi connectivity index (χ1v) is 8.18. The van der Waals surface area contributed by atoms with Crippen LogP contribution < -0.4 is 4.74 Å². The van der Waals surface area contributed by atoms with Crippen LogP contribution in [0.15, 0.2) is 69.6 Å². The first-order valence-electron chi connectivity index (χ1n) is 6.59. The number of benzene rings is 3. The van der Waals surface area contributed by atoms with Gasteiger partial charge in [0.25, 0.3) is 0 Å². The lowest BCUT2D eigenvalue weighted by molar-refractivity contribution is 0.487. The monoisotopic (exact) mass is 400 g/mol. The molecule has 0 aromatic heterocycles. The van der Waals surface area contributed by atoms with E-state index in [4.69, 9.17) is 4.74 Å². The number of ether oxygens (including phenoxy) is 1. The molecule has 1 nitrogen and oxygen atoms in total. The van der Waals surface area contributed by atoms with Crippen LogP contribution in [0.4, 0.5) is 0 Å². The van der Waals surface area contributed by atoms with Gasteiger partial charge in [-0.05, 0) is 47.5 Å². The summed E-state index contributed by atoms with van der Waals surface area (Å²) in [6, 6.07) is 20.6. The summed E-state index contributed by atoms with van der Waals surface area (Å²) in [6.45, 7) is 0. The van der Waals surface area contributed by atoms with Gasteiger partial charge in [-0.1, -0.05) is 56.1 Å². The van der Waals surface area contributed by atoms with Crippen LogP contribution in [0.3, 0.4) is 0 Å². The molecule has 0 spiro atoms. The van der Waals surface area contributed by atoms with E-state index >= 15 is 0 Å². The molecule has 0 N–H and O–H groups in total. The van der Waals surface area contributed by atoms with Crippen LogP contribution in [-0.2, 0) is 0 Å². The first-order chi connectivity index (χ1) is 10.2. The van der Waals surface area contributed by atoms with Crippen LogP contribution in [0.2, 0.25) is 0 Å². The molecule has 0 amide bonds. The summed E-state index contributed by atoms with van der Waals surface area (Å²) >= 11 is 7.10. The predicted molar refractivity (Wildman–Crippen MR) is 92.8 cm³/mol. The van der Waals surface area contributed by atoms with E-state index in [1.54, 1.807) is 0 Å². The number of hydrogen-bond acceptors (Lipinski definition) is 1. The summed E-state index contributed by atoms with van der Waals surface area (Å²) < 4.78 is 8.25. The molecule has 4 rings (SSSR count). The Morgan fingerprint density at radius 2 is 1.05 bits per heavy atom. The fraction of sp³-hybridized carbons (Fsp3) is 0. The zero-order valence-corrected chi connectivity index (χ0v) is 14.1. The smallest absolute Gasteiger partial charge is 0.135 e. The van der Waals surface area contributed by atoms with Crippen LogP contribution in [0, 0.1) is 0 Å². The second kappa shape index (κ2) is 5.00. The third-order valence-corrected chi connectivity index (χ3v) is 4.60. The van der Waals surface area contributed by atoms with E-state index < -0.39 is 0 Å². The van der Waals surface area contributed by atoms with E-state index in [0.717, 1.165) is 31.6 Å². The van der Waals surface area contributed by atoms with Gasteiger partial charge in [0.05, 0.1) is 0 Å². The molecule has 0 fully saturated rings. The van der Waals surface area contributed by atoms with Crippen molar-refractivity contribution in [1.82, 2.24) is 0 Å². The molecule has 1 heterocycles. The van der Waals surface area contributed by atoms with Gasteiger partial charge in [0.15, 0.2) is 0 Å². The molecule has 0 atom stereocenters. The van der Waals surface area contributed by atoms with Crippen LogP contribution in [-0.4, -0.2) is 0 Å². The van der Waals surface area contributed by atoms with Gasteiger partial charge in [-0.15, -0.1) is 0 Å². The van der Waals surface area contributed by atoms with E-state index in [-0.39, 0.29) is 0 Å². The van der Waals surface area contributed by atoms with Gasteiger partial charge in [-0.3, -0.25) is 0 Å². The standard InChI is InChI=1S/C18H10Br2O/c19-11-5-7-17-15(9-11)13-3-1-2-4-14(13)16-10-12(20)6-8-18(16)21-17/h1-10H. The Kier molecular flexibility index (Phi) is 3.12. The summed E-state index contributed by atoms with van der Waals surface area (Å²) in [7, 11) is 0. The fourth-order valence-electron chi connectivity index (χ4n) is 2.67. The van der Waals surface area contributed by atoms with Gasteiger partial charge >= 0.3 is 0 Å². The molecule has 0 aliphatic carbocycles. The fourth-order valence-corrected chi connectivity index (χ4v) is 3.40. The second-order valence-electron chi connectivity index (χ2n) is 4.93. The molecule has 0 radical (unpaired) electrons. The Hall–Kier alpha value is -1.58. The number of fused-ring (bicyclic) bond motifs is 5. The minimum atomic E-state index is 0.881. The molecule has 0 saturated heterocycles. The van der Waals surface area contributed by atoms with E-state index in [2.05, 4.69) is 68.3 Å². The Labute approximate surface area is 139 Å². The maximum atomic E-state index is 6.15. The van der Waals surface area contributed by atoms with Crippen molar-refractivity contribution >= 4 is 31.9 Å². The van der Waals surface area contributed by atoms with E-state index in [0.29, 0.717) is 0 Å². The van der Waals surface area contributed by atoms with E-state index in [9.17, 15) is 0 Å². The van der Waals surface area contributed by atoms with Crippen molar-refractivity contribution in [3.05, 3.63) is 69.6 Å². The Morgan fingerprint density at radius 3 is 1.52 bits per heavy atom. The molecule has 3 aromatic rings. The Bertz CT molecular complexity index is 785. The van der Waals surface area contributed by atoms with Gasteiger partial charge in [0, 0.05) is 20.1 Å². The quantitative estimate of drug-likeness (QED) is 0.320. The number of rotatable bonds is 0. The molecule has 3 aromatic carbocycles. The van der Waals surface area contributed by atoms with Gasteiger partial charge in [-0.25, -0.2) is 0 Å². The lowest BCUT2D eigenvalue weighted by Crippen LogP contribution is -1.86. The summed E-state index contributed by atoms with van der Waals surface area (Å²) in [5.41, 5.74) is 4.58. The lowest BCUT2D eigenvalue weighted by Gasteiger charge is -2.09. The van der Waals surface area contributed by atoms with Crippen LogP contribution in [0.1, 0.15) is 0 Å². The van der Waals surface area contributed by atoms with Crippen molar-refractivity contribution in [3.8, 4) is 33.8 Å². The zero-order valence-electron chi connectivity index (χ0n) is 10.9. The maximum Gasteiger partial charge on any atom is 0.135 e. The SMILES string of the molecule is Brc1ccc2c(c1)-c1ccccc1-c1cc(Br)ccc1O2. The molecule has 0 saturated carbocycles. The van der Waals surface area contributed by atoms with Crippen LogP contribution in [0.25, 0.3) is 22.3 Å². The molecule has 0 unspecified atom stereocenters. The van der Waals surface area contributed by atoms with Crippen molar-refractivity contribution in [2.75, 3.05) is 0 Å². The van der Waals surface area contributed by atoms with Crippen molar-refractivity contribution in [2.24, 2.45) is 0 Å². The third kappa shape index (κ3) is 2.21. The highest BCUT2D eigenvalue weighted by atomic mass is 79.9. The molecular formula is C18H10Br2O. The summed E-state index contributed by atoms with van der Waals surface area (Å²) in [6.07, 6.45) is 0. The van der Waals surface area contributed by atoms with Crippen LogP contribution >= 0.6 is 31.9 Å². The highest BCUT2D eigenvalue weighted by Crippen LogP contribution is 2.47. The summed E-state index contributed by atoms with van der Waals surface area (Å²) in [5.74, 6) is 1.76. The minimum absolute atomic E-state index is 0.881. The lowest BCUT2D eigenvalue weighted by atomic mass is 9.95. The first kappa shape index (κ1) is 13.1. The van der Waals surface area contributed by atoms with Crippen LogP contribution in [0.5, 0.6) is 11.5 Å². The third-order valence-electron chi connectivity index (χ3n) is 3.61. The summed E-state index contributed by atoms with van der Waals surface area (Å²) in [5, 5.41) is 0. The van der Waals surface area contributed by atoms with Crippen molar-refractivity contribution in [3.63, 3.8) is 0 Å². The average Bonchev–Trinajstić information content (AvgIpc) is 2.63. The second-order valence-corrected chi connectivity index (χ2v) is 6.76. The molecule has 1 aliphatic rings. The molecule has 1 aliphatic heterocycles. The highest BCUT2D eigenvalue weighted by Gasteiger charge is 2.20. The normalized spacial score (nSPS) is 11.7. The van der Waals surface area contributed by atoms with Gasteiger partial charge < -0.3 is 4.74 Å². The molecule has 3 heteroatoms. The Balaban J connectivity index is 2.11. The van der Waals surface area contributed by atoms with Gasteiger partial charge in [0.1, 0.15) is 11.5 Å². The zero-order chi connectivity index (χ0) is 14.4. The molecule has 0 bridgehead atoms. The van der Waals surface area contributed by atoms with Crippen molar-refractivity contribution in [2.45, 2.75) is 0 Å².